The first-order valence-electron chi connectivity index (χ1n) is 25.0. The molecule has 10 heteroatoms. The van der Waals surface area contributed by atoms with Gasteiger partial charge in [-0.05, 0) is 115 Å². The summed E-state index contributed by atoms with van der Waals surface area (Å²) in [5.74, 6) is -6.61. The Balaban J connectivity index is 0.994. The molecule has 0 radical (unpaired) electrons. The Kier molecular flexibility index (Phi) is 9.91. The molecule has 4 saturated carbocycles. The molecule has 2 aromatic carbocycles. The van der Waals surface area contributed by atoms with Crippen molar-refractivity contribution in [2.45, 2.75) is 89.2 Å². The number of benzene rings is 2. The first-order valence-corrected chi connectivity index (χ1v) is 25.0. The van der Waals surface area contributed by atoms with Gasteiger partial charge in [0.05, 0.1) is 5.92 Å². The Labute approximate surface area is 387 Å². The maximum atomic E-state index is 15.9. The summed E-state index contributed by atoms with van der Waals surface area (Å²) in [5, 5.41) is 15.9. The van der Waals surface area contributed by atoms with Crippen molar-refractivity contribution in [1.82, 2.24) is 10.2 Å². The summed E-state index contributed by atoms with van der Waals surface area (Å²) in [6.45, 7) is 12.9. The number of likely N-dealkylation sites (tertiary alicyclic amines) is 1. The van der Waals surface area contributed by atoms with Gasteiger partial charge in [-0.2, -0.15) is 0 Å². The lowest BCUT2D eigenvalue weighted by Gasteiger charge is -2.41. The topological polar surface area (TPSA) is 139 Å². The Morgan fingerprint density at radius 1 is 0.652 bits per heavy atom. The van der Waals surface area contributed by atoms with Crippen molar-refractivity contribution in [3.05, 3.63) is 109 Å². The number of Topliss-reactive ketones (excluding diaryl/α,β-unsaturated/α-hetero) is 2. The standard InChI is InChI=1S/C56H62N2O8/c1-5-31-13-21-35-39-23-27(3)7-19-37(39)50-44(35)42(31)48(59)46-41(25-29-9-15-33(65-50)16-10-29)54(62)58(55(46)63)52-47-49(60)43-32(6-2)14-22-36-40-24-28(4)8-20-38(40)51(45(36)43)66-34-17-11-30(12-18-34)26-56(52,64)57-53(47)61/h5-6,9-18,21-22,27-28,31-32,35-47,50-52,64H,1-2,7-8,19-20,23-26H2,3-4H3,(H,57,61)/t27-,28-,31+,32+,35+,36+,37-,38-,39+,40+,41+,42+,43+,44+,45+,46-,47-,50+,51+,52+,56-/m1/s1. The number of hydrogen-bond acceptors (Lipinski definition) is 8. The van der Waals surface area contributed by atoms with Gasteiger partial charge in [-0.1, -0.05) is 87.4 Å². The third-order valence-electron chi connectivity index (χ3n) is 19.0. The van der Waals surface area contributed by atoms with Crippen LogP contribution in [0, 0.1) is 101 Å². The molecular formula is C56H62N2O8. The third kappa shape index (κ3) is 6.17. The van der Waals surface area contributed by atoms with Crippen molar-refractivity contribution in [2.24, 2.45) is 101 Å². The summed E-state index contributed by atoms with van der Waals surface area (Å²) in [6.07, 6.45) is 17.5. The van der Waals surface area contributed by atoms with E-state index in [-0.39, 0.29) is 72.3 Å². The van der Waals surface area contributed by atoms with Gasteiger partial charge in [0.2, 0.25) is 17.7 Å². The normalized spacial score (nSPS) is 46.2. The molecule has 2 aromatic rings. The number of nitrogens with one attached hydrogen (secondary N) is 1. The van der Waals surface area contributed by atoms with Crippen LogP contribution >= 0.6 is 0 Å². The highest BCUT2D eigenvalue weighted by Crippen LogP contribution is 2.60. The monoisotopic (exact) mass is 890 g/mol. The summed E-state index contributed by atoms with van der Waals surface area (Å²) in [4.78, 5) is 79.1. The number of carbonyl (C=O) groups excluding carboxylic acids is 5. The Morgan fingerprint density at radius 3 is 1.67 bits per heavy atom. The van der Waals surface area contributed by atoms with Crippen LogP contribution in [-0.2, 0) is 36.8 Å². The van der Waals surface area contributed by atoms with Crippen LogP contribution in [0.1, 0.15) is 63.5 Å². The highest BCUT2D eigenvalue weighted by Gasteiger charge is 2.69. The van der Waals surface area contributed by atoms with Gasteiger partial charge in [0, 0.05) is 41.9 Å². The average Bonchev–Trinajstić information content (AvgIpc) is 3.95. The van der Waals surface area contributed by atoms with Crippen LogP contribution < -0.4 is 14.8 Å². The molecule has 12 aliphatic rings. The number of amides is 3. The molecule has 0 unspecified atom stereocenters. The number of ether oxygens (including phenoxy) is 2. The van der Waals surface area contributed by atoms with E-state index in [1.807, 2.05) is 54.6 Å². The zero-order valence-corrected chi connectivity index (χ0v) is 38.0. The number of aliphatic hydroxyl groups is 1. The van der Waals surface area contributed by atoms with Crippen LogP contribution in [0.25, 0.3) is 0 Å². The molecule has 6 bridgehead atoms. The fraction of sp³-hybridized carbons (Fsp3) is 0.554. The predicted octanol–water partition coefficient (Wildman–Crippen LogP) is 7.11. The lowest BCUT2D eigenvalue weighted by molar-refractivity contribution is -0.154. The minimum Gasteiger partial charge on any atom is -0.490 e. The maximum absolute atomic E-state index is 15.9. The molecule has 2 saturated heterocycles. The van der Waals surface area contributed by atoms with Gasteiger partial charge in [0.15, 0.2) is 17.3 Å². The summed E-state index contributed by atoms with van der Waals surface area (Å²) < 4.78 is 14.0. The summed E-state index contributed by atoms with van der Waals surface area (Å²) in [7, 11) is 0. The highest BCUT2D eigenvalue weighted by atomic mass is 16.5. The van der Waals surface area contributed by atoms with Gasteiger partial charge in [-0.25, -0.2) is 0 Å². The Morgan fingerprint density at radius 2 is 1.15 bits per heavy atom. The smallest absolute Gasteiger partial charge is 0.241 e. The molecule has 66 heavy (non-hydrogen) atoms. The summed E-state index contributed by atoms with van der Waals surface area (Å²) in [5.41, 5.74) is -0.864. The molecule has 0 aromatic heterocycles. The number of hydrogen-bond donors (Lipinski definition) is 2. The molecule has 6 fully saturated rings. The van der Waals surface area contributed by atoms with E-state index in [1.165, 1.54) is 0 Å². The summed E-state index contributed by atoms with van der Waals surface area (Å²) >= 11 is 0. The van der Waals surface area contributed by atoms with Crippen molar-refractivity contribution in [1.29, 1.82) is 0 Å². The van der Waals surface area contributed by atoms with Crippen molar-refractivity contribution in [2.75, 3.05) is 0 Å². The van der Waals surface area contributed by atoms with Crippen LogP contribution in [0.4, 0.5) is 0 Å². The summed E-state index contributed by atoms with van der Waals surface area (Å²) in [6, 6.07) is 13.5. The van der Waals surface area contributed by atoms with Crippen LogP contribution in [-0.4, -0.2) is 63.3 Å². The van der Waals surface area contributed by atoms with Crippen LogP contribution in [0.15, 0.2) is 98.1 Å². The fourth-order valence-electron chi connectivity index (χ4n) is 16.2. The number of nitrogens with zero attached hydrogens (tertiary/aromatic N) is 1. The quantitative estimate of drug-likeness (QED) is 0.189. The van der Waals surface area contributed by atoms with E-state index in [0.29, 0.717) is 34.8 Å². The number of allylic oxidation sites excluding steroid dienone is 6. The lowest BCUT2D eigenvalue weighted by atomic mass is 9.64. The number of imide groups is 1. The fourth-order valence-corrected chi connectivity index (χ4v) is 16.2. The van der Waals surface area contributed by atoms with Crippen LogP contribution in [0.3, 0.4) is 0 Å². The van der Waals surface area contributed by atoms with Crippen molar-refractivity contribution in [3.8, 4) is 11.5 Å². The van der Waals surface area contributed by atoms with Crippen molar-refractivity contribution in [3.63, 3.8) is 0 Å². The van der Waals surface area contributed by atoms with Gasteiger partial charge in [-0.3, -0.25) is 28.9 Å². The molecule has 6 aliphatic heterocycles. The van der Waals surface area contributed by atoms with E-state index in [2.05, 4.69) is 50.6 Å². The number of ketones is 2. The lowest BCUT2D eigenvalue weighted by Crippen LogP contribution is -2.61. The van der Waals surface area contributed by atoms with E-state index in [0.717, 1.165) is 49.0 Å². The van der Waals surface area contributed by atoms with E-state index in [1.54, 1.807) is 12.2 Å². The number of carbonyl (C=O) groups is 5. The van der Waals surface area contributed by atoms with E-state index >= 15 is 19.2 Å². The second-order valence-electron chi connectivity index (χ2n) is 22.4. The minimum absolute atomic E-state index is 0.00354. The SMILES string of the molecule is C=C[C@H]1C=C[C@H]2[C@@H]3C[C@H](C)CC[C@H]3[C@@H]3Oc4ccc(cc4)C[C@@H]4C(=O)N([C@H]5[C@@H]6C(=O)N[C@@]5(O)Cc5ccc(cc5)O[C@H]5[C@@H]7CC[C@@H](C)C[C@H]7[C@@H]7C=C[C@H](C=C)[C@H](C6=O)[C@H]75)C(=O)[C@H]4C(=O)[C@@H]1[C@H]23. The average molecular weight is 891 g/mol. The van der Waals surface area contributed by atoms with Gasteiger partial charge in [0.1, 0.15) is 41.6 Å². The molecule has 6 heterocycles. The molecular weight excluding hydrogens is 829 g/mol. The van der Waals surface area contributed by atoms with Gasteiger partial charge in [-0.15, -0.1) is 13.2 Å². The molecule has 344 valence electrons. The van der Waals surface area contributed by atoms with Gasteiger partial charge >= 0.3 is 0 Å². The number of fused-ring (bicyclic) bond motifs is 8. The Bertz CT molecular complexity index is 2460. The number of rotatable bonds is 3. The van der Waals surface area contributed by atoms with Crippen LogP contribution in [0.2, 0.25) is 0 Å². The zero-order valence-electron chi connectivity index (χ0n) is 38.0. The second kappa shape index (κ2) is 15.5. The first-order chi connectivity index (χ1) is 31.9. The maximum Gasteiger partial charge on any atom is 0.241 e. The molecule has 2 N–H and O–H groups in total. The molecule has 10 nitrogen and oxygen atoms in total. The Hall–Kier alpha value is -5.09. The van der Waals surface area contributed by atoms with E-state index in [9.17, 15) is 9.90 Å². The second-order valence-corrected chi connectivity index (χ2v) is 22.4. The van der Waals surface area contributed by atoms with Gasteiger partial charge < -0.3 is 19.9 Å². The third-order valence-corrected chi connectivity index (χ3v) is 19.0. The van der Waals surface area contributed by atoms with E-state index < -0.39 is 76.7 Å². The van der Waals surface area contributed by atoms with Crippen LogP contribution in [0.5, 0.6) is 11.5 Å². The minimum atomic E-state index is -2.24. The highest BCUT2D eigenvalue weighted by molar-refractivity contribution is 6.18. The largest absolute Gasteiger partial charge is 0.490 e. The van der Waals surface area contributed by atoms with Gasteiger partial charge in [0.25, 0.3) is 0 Å². The molecule has 6 aliphatic carbocycles. The van der Waals surface area contributed by atoms with Crippen molar-refractivity contribution < 1.29 is 38.6 Å². The molecule has 0 spiro atoms. The predicted molar refractivity (Wildman–Crippen MR) is 245 cm³/mol. The first kappa shape index (κ1) is 42.3. The molecule has 3 amide bonds. The van der Waals surface area contributed by atoms with Crippen molar-refractivity contribution >= 4 is 29.3 Å². The van der Waals surface area contributed by atoms with E-state index in [4.69, 9.17) is 9.47 Å². The molecule has 14 rings (SSSR count). The zero-order chi connectivity index (χ0) is 45.5. The molecule has 21 atom stereocenters.